The van der Waals surface area contributed by atoms with Gasteiger partial charge < -0.3 is 15.1 Å². The summed E-state index contributed by atoms with van der Waals surface area (Å²) in [7, 11) is 4.01. The molecular weight excluding hydrogens is 290 g/mol. The monoisotopic (exact) mass is 311 g/mol. The van der Waals surface area contributed by atoms with Crippen molar-refractivity contribution in [2.24, 2.45) is 0 Å². The lowest BCUT2D eigenvalue weighted by atomic mass is 10.2. The van der Waals surface area contributed by atoms with Gasteiger partial charge in [-0.2, -0.15) is 0 Å². The summed E-state index contributed by atoms with van der Waals surface area (Å²) in [4.78, 5) is 24.6. The third-order valence-corrected chi connectivity index (χ3v) is 3.94. The van der Waals surface area contributed by atoms with Gasteiger partial charge >= 0.3 is 0 Å². The molecular formula is C17H21N5O. The molecule has 0 atom stereocenters. The number of benzene rings is 1. The number of likely N-dealkylation sites (tertiary alicyclic amines) is 1. The van der Waals surface area contributed by atoms with Crippen LogP contribution in [0.15, 0.2) is 36.7 Å². The topological polar surface area (TPSA) is 61.4 Å². The number of nitrogens with one attached hydrogen (secondary N) is 1. The van der Waals surface area contributed by atoms with Gasteiger partial charge in [-0.15, -0.1) is 0 Å². The summed E-state index contributed by atoms with van der Waals surface area (Å²) in [5, 5.41) is 3.22. The van der Waals surface area contributed by atoms with E-state index in [1.165, 1.54) is 6.33 Å². The Hall–Kier alpha value is -2.63. The fourth-order valence-electron chi connectivity index (χ4n) is 2.62. The average molecular weight is 311 g/mol. The number of hydrogen-bond donors (Lipinski definition) is 1. The Bertz CT molecular complexity index is 678. The summed E-state index contributed by atoms with van der Waals surface area (Å²) < 4.78 is 0. The van der Waals surface area contributed by atoms with Crippen LogP contribution in [0.25, 0.3) is 0 Å². The van der Waals surface area contributed by atoms with E-state index in [4.69, 9.17) is 0 Å². The van der Waals surface area contributed by atoms with Gasteiger partial charge in [0.2, 0.25) is 0 Å². The van der Waals surface area contributed by atoms with Gasteiger partial charge in [0.25, 0.3) is 5.91 Å². The molecule has 1 fully saturated rings. The second-order valence-electron chi connectivity index (χ2n) is 5.85. The van der Waals surface area contributed by atoms with Crippen LogP contribution in [0.1, 0.15) is 23.3 Å². The number of rotatable bonds is 4. The van der Waals surface area contributed by atoms with Crippen LogP contribution in [0.3, 0.4) is 0 Å². The number of amides is 1. The number of aromatic nitrogens is 2. The largest absolute Gasteiger partial charge is 0.378 e. The van der Waals surface area contributed by atoms with Crippen LogP contribution in [0.4, 0.5) is 17.2 Å². The Morgan fingerprint density at radius 1 is 1.13 bits per heavy atom. The number of hydrogen-bond acceptors (Lipinski definition) is 5. The van der Waals surface area contributed by atoms with E-state index < -0.39 is 0 Å². The summed E-state index contributed by atoms with van der Waals surface area (Å²) in [6, 6.07) is 9.74. The molecule has 1 aliphatic rings. The predicted octanol–water partition coefficient (Wildman–Crippen LogP) is 2.52. The van der Waals surface area contributed by atoms with E-state index in [0.29, 0.717) is 11.5 Å². The fraction of sp³-hybridized carbons (Fsp3) is 0.353. The highest BCUT2D eigenvalue weighted by Crippen LogP contribution is 2.20. The van der Waals surface area contributed by atoms with Gasteiger partial charge in [0.1, 0.15) is 17.8 Å². The highest BCUT2D eigenvalue weighted by Gasteiger charge is 2.20. The van der Waals surface area contributed by atoms with Crippen molar-refractivity contribution in [2.45, 2.75) is 12.8 Å². The van der Waals surface area contributed by atoms with Gasteiger partial charge in [-0.05, 0) is 37.1 Å². The molecule has 2 aromatic rings. The number of nitrogens with zero attached hydrogens (tertiary/aromatic N) is 4. The first-order chi connectivity index (χ1) is 11.1. The third-order valence-electron chi connectivity index (χ3n) is 3.94. The molecule has 1 amide bonds. The second-order valence-corrected chi connectivity index (χ2v) is 5.85. The Labute approximate surface area is 136 Å². The van der Waals surface area contributed by atoms with Crippen molar-refractivity contribution < 1.29 is 4.79 Å². The van der Waals surface area contributed by atoms with Crippen molar-refractivity contribution >= 4 is 23.1 Å². The van der Waals surface area contributed by atoms with E-state index in [1.807, 2.05) is 48.2 Å². The molecule has 6 heteroatoms. The zero-order chi connectivity index (χ0) is 16.2. The van der Waals surface area contributed by atoms with Gasteiger partial charge in [0.15, 0.2) is 0 Å². The van der Waals surface area contributed by atoms with E-state index in [0.717, 1.165) is 37.3 Å². The smallest absolute Gasteiger partial charge is 0.272 e. The SMILES string of the molecule is CN(C)c1ccc(Nc2cc(C(=O)N3CCCC3)ncn2)cc1. The summed E-state index contributed by atoms with van der Waals surface area (Å²) >= 11 is 0. The normalized spacial score (nSPS) is 13.9. The van der Waals surface area contributed by atoms with E-state index in [9.17, 15) is 4.79 Å². The Balaban J connectivity index is 1.73. The maximum absolute atomic E-state index is 12.4. The molecule has 6 nitrogen and oxygen atoms in total. The van der Waals surface area contributed by atoms with Crippen molar-refractivity contribution in [3.05, 3.63) is 42.4 Å². The van der Waals surface area contributed by atoms with Crippen LogP contribution in [0.2, 0.25) is 0 Å². The first kappa shape index (κ1) is 15.3. The number of carbonyl (C=O) groups excluding carboxylic acids is 1. The molecule has 23 heavy (non-hydrogen) atoms. The molecule has 0 bridgehead atoms. The molecule has 1 aromatic heterocycles. The van der Waals surface area contributed by atoms with Gasteiger partial charge in [0, 0.05) is 44.6 Å². The van der Waals surface area contributed by atoms with Gasteiger partial charge in [0.05, 0.1) is 0 Å². The van der Waals surface area contributed by atoms with Gasteiger partial charge in [-0.3, -0.25) is 4.79 Å². The molecule has 3 rings (SSSR count). The minimum atomic E-state index is -0.0177. The maximum Gasteiger partial charge on any atom is 0.272 e. The lowest BCUT2D eigenvalue weighted by Gasteiger charge is -2.15. The van der Waals surface area contributed by atoms with Crippen molar-refractivity contribution in [1.29, 1.82) is 0 Å². The molecule has 1 aromatic carbocycles. The number of carbonyl (C=O) groups is 1. The molecule has 0 radical (unpaired) electrons. The molecule has 0 saturated carbocycles. The average Bonchev–Trinajstić information content (AvgIpc) is 3.09. The predicted molar refractivity (Wildman–Crippen MR) is 91.2 cm³/mol. The minimum absolute atomic E-state index is 0.0177. The Kier molecular flexibility index (Phi) is 4.41. The fourth-order valence-corrected chi connectivity index (χ4v) is 2.62. The maximum atomic E-state index is 12.4. The zero-order valence-corrected chi connectivity index (χ0v) is 13.5. The van der Waals surface area contributed by atoms with Crippen molar-refractivity contribution in [1.82, 2.24) is 14.9 Å². The van der Waals surface area contributed by atoms with Crippen molar-refractivity contribution in [3.63, 3.8) is 0 Å². The van der Waals surface area contributed by atoms with Crippen LogP contribution < -0.4 is 10.2 Å². The first-order valence-electron chi connectivity index (χ1n) is 7.79. The highest BCUT2D eigenvalue weighted by atomic mass is 16.2. The molecule has 0 unspecified atom stereocenters. The van der Waals surface area contributed by atoms with Crippen LogP contribution in [0, 0.1) is 0 Å². The molecule has 120 valence electrons. The molecule has 0 spiro atoms. The Morgan fingerprint density at radius 2 is 1.83 bits per heavy atom. The van der Waals surface area contributed by atoms with E-state index >= 15 is 0 Å². The van der Waals surface area contributed by atoms with E-state index in [2.05, 4.69) is 15.3 Å². The lowest BCUT2D eigenvalue weighted by molar-refractivity contribution is 0.0787. The quantitative estimate of drug-likeness (QED) is 0.940. The summed E-state index contributed by atoms with van der Waals surface area (Å²) in [6.45, 7) is 1.63. The highest BCUT2D eigenvalue weighted by molar-refractivity contribution is 5.93. The molecule has 1 saturated heterocycles. The minimum Gasteiger partial charge on any atom is -0.378 e. The zero-order valence-electron chi connectivity index (χ0n) is 13.5. The first-order valence-corrected chi connectivity index (χ1v) is 7.79. The molecule has 2 heterocycles. The molecule has 1 N–H and O–H groups in total. The summed E-state index contributed by atoms with van der Waals surface area (Å²) in [6.07, 6.45) is 3.57. The molecule has 0 aliphatic carbocycles. The summed E-state index contributed by atoms with van der Waals surface area (Å²) in [5.41, 5.74) is 2.49. The van der Waals surface area contributed by atoms with Crippen LogP contribution in [0.5, 0.6) is 0 Å². The molecule has 1 aliphatic heterocycles. The van der Waals surface area contributed by atoms with E-state index in [-0.39, 0.29) is 5.91 Å². The van der Waals surface area contributed by atoms with Crippen LogP contribution in [-0.2, 0) is 0 Å². The Morgan fingerprint density at radius 3 is 2.48 bits per heavy atom. The van der Waals surface area contributed by atoms with Crippen LogP contribution >= 0.6 is 0 Å². The van der Waals surface area contributed by atoms with Gasteiger partial charge in [-0.25, -0.2) is 9.97 Å². The lowest BCUT2D eigenvalue weighted by Crippen LogP contribution is -2.28. The van der Waals surface area contributed by atoms with E-state index in [1.54, 1.807) is 6.07 Å². The third kappa shape index (κ3) is 3.59. The van der Waals surface area contributed by atoms with Gasteiger partial charge in [-0.1, -0.05) is 0 Å². The second kappa shape index (κ2) is 6.64. The van der Waals surface area contributed by atoms with Crippen molar-refractivity contribution in [3.8, 4) is 0 Å². The number of anilines is 3. The summed E-state index contributed by atoms with van der Waals surface area (Å²) in [5.74, 6) is 0.607. The standard InChI is InChI=1S/C17H21N5O/c1-21(2)14-7-5-13(6-8-14)20-16-11-15(18-12-19-16)17(23)22-9-3-4-10-22/h5-8,11-12H,3-4,9-10H2,1-2H3,(H,18,19,20). The van der Waals surface area contributed by atoms with Crippen molar-refractivity contribution in [2.75, 3.05) is 37.4 Å². The van der Waals surface area contributed by atoms with Crippen LogP contribution in [-0.4, -0.2) is 48.0 Å².